The van der Waals surface area contributed by atoms with E-state index in [0.717, 1.165) is 26.1 Å². The standard InChI is InChI=1S/C13H20N2O/c1-12(16)14-9-6-10-15(2)11-13-7-4-3-5-8-13/h3-5,7-8H,6,9-11H2,1-2H3,(H,14,16). The highest BCUT2D eigenvalue weighted by atomic mass is 16.1. The molecule has 0 unspecified atom stereocenters. The van der Waals surface area contributed by atoms with Crippen molar-refractivity contribution < 1.29 is 4.79 Å². The number of amides is 1. The van der Waals surface area contributed by atoms with Crippen LogP contribution in [0.15, 0.2) is 30.3 Å². The highest BCUT2D eigenvalue weighted by molar-refractivity contribution is 5.72. The average molecular weight is 220 g/mol. The van der Waals surface area contributed by atoms with E-state index >= 15 is 0 Å². The van der Waals surface area contributed by atoms with Crippen LogP contribution in [0.1, 0.15) is 18.9 Å². The summed E-state index contributed by atoms with van der Waals surface area (Å²) in [5, 5.41) is 2.80. The summed E-state index contributed by atoms with van der Waals surface area (Å²) in [6.45, 7) is 4.26. The first kappa shape index (κ1) is 12.7. The molecule has 0 bridgehead atoms. The van der Waals surface area contributed by atoms with Crippen molar-refractivity contribution in [2.24, 2.45) is 0 Å². The van der Waals surface area contributed by atoms with Crippen LogP contribution >= 0.6 is 0 Å². The second-order valence-electron chi connectivity index (χ2n) is 4.06. The zero-order valence-corrected chi connectivity index (χ0v) is 10.1. The fraction of sp³-hybridized carbons (Fsp3) is 0.462. The Morgan fingerprint density at radius 1 is 1.31 bits per heavy atom. The normalized spacial score (nSPS) is 10.4. The molecule has 0 atom stereocenters. The molecule has 0 saturated carbocycles. The molecule has 1 amide bonds. The second-order valence-corrected chi connectivity index (χ2v) is 4.06. The van der Waals surface area contributed by atoms with E-state index in [1.165, 1.54) is 5.56 Å². The van der Waals surface area contributed by atoms with Crippen molar-refractivity contribution >= 4 is 5.91 Å². The number of rotatable bonds is 6. The van der Waals surface area contributed by atoms with E-state index in [4.69, 9.17) is 0 Å². The molecule has 0 radical (unpaired) electrons. The van der Waals surface area contributed by atoms with Gasteiger partial charge >= 0.3 is 0 Å². The quantitative estimate of drug-likeness (QED) is 0.739. The van der Waals surface area contributed by atoms with E-state index in [2.05, 4.69) is 41.5 Å². The molecule has 1 rings (SSSR count). The van der Waals surface area contributed by atoms with Gasteiger partial charge in [-0.25, -0.2) is 0 Å². The Balaban J connectivity index is 2.16. The number of carbonyl (C=O) groups excluding carboxylic acids is 1. The Hall–Kier alpha value is -1.35. The second kappa shape index (κ2) is 7.01. The van der Waals surface area contributed by atoms with Gasteiger partial charge in [0.15, 0.2) is 0 Å². The molecule has 0 heterocycles. The van der Waals surface area contributed by atoms with Gasteiger partial charge in [-0.3, -0.25) is 4.79 Å². The fourth-order valence-corrected chi connectivity index (χ4v) is 1.59. The molecule has 0 aliphatic carbocycles. The first-order valence-electron chi connectivity index (χ1n) is 5.65. The molecule has 3 heteroatoms. The highest BCUT2D eigenvalue weighted by Crippen LogP contribution is 2.02. The maximum Gasteiger partial charge on any atom is 0.216 e. The summed E-state index contributed by atoms with van der Waals surface area (Å²) in [5.41, 5.74) is 1.32. The lowest BCUT2D eigenvalue weighted by atomic mass is 10.2. The largest absolute Gasteiger partial charge is 0.356 e. The van der Waals surface area contributed by atoms with Crippen molar-refractivity contribution in [3.63, 3.8) is 0 Å². The Morgan fingerprint density at radius 3 is 2.62 bits per heavy atom. The SMILES string of the molecule is CC(=O)NCCCN(C)Cc1ccccc1. The lowest BCUT2D eigenvalue weighted by Crippen LogP contribution is -2.26. The van der Waals surface area contributed by atoms with Crippen LogP contribution in [0.25, 0.3) is 0 Å². The molecule has 88 valence electrons. The Kier molecular flexibility index (Phi) is 5.57. The van der Waals surface area contributed by atoms with Gasteiger partial charge in [0.2, 0.25) is 5.91 Å². The van der Waals surface area contributed by atoms with E-state index in [9.17, 15) is 4.79 Å². The van der Waals surface area contributed by atoms with E-state index < -0.39 is 0 Å². The molecule has 0 fully saturated rings. The third kappa shape index (κ3) is 5.51. The summed E-state index contributed by atoms with van der Waals surface area (Å²) < 4.78 is 0. The van der Waals surface area contributed by atoms with Gasteiger partial charge in [-0.2, -0.15) is 0 Å². The number of carbonyl (C=O) groups is 1. The molecule has 3 nitrogen and oxygen atoms in total. The maximum absolute atomic E-state index is 10.7. The van der Waals surface area contributed by atoms with Gasteiger partial charge in [-0.05, 0) is 25.6 Å². The first-order chi connectivity index (χ1) is 7.68. The van der Waals surface area contributed by atoms with Crippen molar-refractivity contribution in [2.75, 3.05) is 20.1 Å². The molecule has 0 aromatic heterocycles. The zero-order valence-electron chi connectivity index (χ0n) is 10.1. The minimum atomic E-state index is 0.0470. The summed E-state index contributed by atoms with van der Waals surface area (Å²) in [6.07, 6.45) is 0.989. The topological polar surface area (TPSA) is 32.3 Å². The van der Waals surface area contributed by atoms with Crippen molar-refractivity contribution in [2.45, 2.75) is 19.9 Å². The number of hydrogen-bond acceptors (Lipinski definition) is 2. The van der Waals surface area contributed by atoms with Crippen LogP contribution in [0.3, 0.4) is 0 Å². The van der Waals surface area contributed by atoms with Crippen molar-refractivity contribution in [3.8, 4) is 0 Å². The van der Waals surface area contributed by atoms with Gasteiger partial charge in [0.1, 0.15) is 0 Å². The van der Waals surface area contributed by atoms with E-state index in [0.29, 0.717) is 0 Å². The van der Waals surface area contributed by atoms with Gasteiger partial charge < -0.3 is 10.2 Å². The Morgan fingerprint density at radius 2 is 2.00 bits per heavy atom. The molecule has 1 aromatic carbocycles. The van der Waals surface area contributed by atoms with Crippen LogP contribution in [0.5, 0.6) is 0 Å². The summed E-state index contributed by atoms with van der Waals surface area (Å²) in [4.78, 5) is 12.9. The molecule has 1 aromatic rings. The Bertz CT molecular complexity index is 311. The van der Waals surface area contributed by atoms with Gasteiger partial charge in [0.25, 0.3) is 0 Å². The highest BCUT2D eigenvalue weighted by Gasteiger charge is 1.99. The van der Waals surface area contributed by atoms with Crippen LogP contribution in [0.2, 0.25) is 0 Å². The van der Waals surface area contributed by atoms with Crippen LogP contribution in [0.4, 0.5) is 0 Å². The number of nitrogens with zero attached hydrogens (tertiary/aromatic N) is 1. The van der Waals surface area contributed by atoms with E-state index in [-0.39, 0.29) is 5.91 Å². The third-order valence-corrected chi connectivity index (χ3v) is 2.39. The molecule has 0 aliphatic rings. The maximum atomic E-state index is 10.7. The number of nitrogens with one attached hydrogen (secondary N) is 1. The van der Waals surface area contributed by atoms with Crippen molar-refractivity contribution in [1.29, 1.82) is 0 Å². The van der Waals surface area contributed by atoms with Crippen LogP contribution in [-0.4, -0.2) is 30.9 Å². The predicted molar refractivity (Wildman–Crippen MR) is 66.1 cm³/mol. The lowest BCUT2D eigenvalue weighted by molar-refractivity contribution is -0.118. The summed E-state index contributed by atoms with van der Waals surface area (Å²) in [5.74, 6) is 0.0470. The fourth-order valence-electron chi connectivity index (χ4n) is 1.59. The molecular weight excluding hydrogens is 200 g/mol. The van der Waals surface area contributed by atoms with Crippen LogP contribution in [-0.2, 0) is 11.3 Å². The molecule has 16 heavy (non-hydrogen) atoms. The molecule has 0 aliphatic heterocycles. The average Bonchev–Trinajstić information content (AvgIpc) is 2.25. The van der Waals surface area contributed by atoms with Crippen LogP contribution < -0.4 is 5.32 Å². The van der Waals surface area contributed by atoms with Crippen molar-refractivity contribution in [1.82, 2.24) is 10.2 Å². The molecular formula is C13H20N2O. The Labute approximate surface area is 97.5 Å². The molecule has 1 N–H and O–H groups in total. The summed E-state index contributed by atoms with van der Waals surface area (Å²) >= 11 is 0. The molecule has 0 saturated heterocycles. The van der Waals surface area contributed by atoms with Crippen molar-refractivity contribution in [3.05, 3.63) is 35.9 Å². The monoisotopic (exact) mass is 220 g/mol. The predicted octanol–water partition coefficient (Wildman–Crippen LogP) is 1.64. The lowest BCUT2D eigenvalue weighted by Gasteiger charge is -2.16. The molecule has 0 spiro atoms. The first-order valence-corrected chi connectivity index (χ1v) is 5.65. The number of benzene rings is 1. The minimum Gasteiger partial charge on any atom is -0.356 e. The van der Waals surface area contributed by atoms with Gasteiger partial charge in [0, 0.05) is 20.0 Å². The van der Waals surface area contributed by atoms with Gasteiger partial charge in [-0.15, -0.1) is 0 Å². The third-order valence-electron chi connectivity index (χ3n) is 2.39. The van der Waals surface area contributed by atoms with Gasteiger partial charge in [0.05, 0.1) is 0 Å². The van der Waals surface area contributed by atoms with Crippen LogP contribution in [0, 0.1) is 0 Å². The minimum absolute atomic E-state index is 0.0470. The summed E-state index contributed by atoms with van der Waals surface area (Å²) in [6, 6.07) is 10.4. The smallest absolute Gasteiger partial charge is 0.216 e. The summed E-state index contributed by atoms with van der Waals surface area (Å²) in [7, 11) is 2.10. The van der Waals surface area contributed by atoms with E-state index in [1.54, 1.807) is 6.92 Å². The van der Waals surface area contributed by atoms with E-state index in [1.807, 2.05) is 6.07 Å². The zero-order chi connectivity index (χ0) is 11.8. The van der Waals surface area contributed by atoms with Gasteiger partial charge in [-0.1, -0.05) is 30.3 Å². The number of hydrogen-bond donors (Lipinski definition) is 1.